The molecule has 1 aliphatic heterocycles. The highest BCUT2D eigenvalue weighted by molar-refractivity contribution is 5.83. The van der Waals surface area contributed by atoms with E-state index in [1.807, 2.05) is 43.3 Å². The van der Waals surface area contributed by atoms with Crippen molar-refractivity contribution in [1.82, 2.24) is 5.43 Å². The molecular formula is C17H16N2O3. The van der Waals surface area contributed by atoms with Crippen LogP contribution in [0.25, 0.3) is 0 Å². The van der Waals surface area contributed by atoms with Gasteiger partial charge in [0.1, 0.15) is 0 Å². The van der Waals surface area contributed by atoms with Crippen LogP contribution in [-0.2, 0) is 11.2 Å². The highest BCUT2D eigenvalue weighted by atomic mass is 16.7. The Balaban J connectivity index is 1.55. The maximum absolute atomic E-state index is 11.9. The number of amides is 1. The van der Waals surface area contributed by atoms with E-state index in [4.69, 9.17) is 9.47 Å². The SMILES string of the molecule is Cc1ccc(/C=N\NC(=O)Cc2ccc3c(c2)OCO3)cc1. The number of benzene rings is 2. The smallest absolute Gasteiger partial charge is 0.244 e. The van der Waals surface area contributed by atoms with Crippen LogP contribution in [0.2, 0.25) is 0 Å². The lowest BCUT2D eigenvalue weighted by Gasteiger charge is -2.02. The van der Waals surface area contributed by atoms with Crippen molar-refractivity contribution >= 4 is 12.1 Å². The molecule has 0 aromatic heterocycles. The van der Waals surface area contributed by atoms with Gasteiger partial charge in [-0.25, -0.2) is 5.43 Å². The van der Waals surface area contributed by atoms with Crippen molar-refractivity contribution in [1.29, 1.82) is 0 Å². The second kappa shape index (κ2) is 6.30. The average Bonchev–Trinajstić information content (AvgIpc) is 2.97. The number of nitrogens with one attached hydrogen (secondary N) is 1. The lowest BCUT2D eigenvalue weighted by molar-refractivity contribution is -0.120. The molecule has 1 aliphatic rings. The van der Waals surface area contributed by atoms with Gasteiger partial charge in [-0.15, -0.1) is 0 Å². The molecule has 0 unspecified atom stereocenters. The Hall–Kier alpha value is -2.82. The molecular weight excluding hydrogens is 280 g/mol. The zero-order chi connectivity index (χ0) is 15.4. The maximum atomic E-state index is 11.9. The van der Waals surface area contributed by atoms with Crippen LogP contribution in [-0.4, -0.2) is 18.9 Å². The monoisotopic (exact) mass is 296 g/mol. The molecule has 2 aromatic rings. The van der Waals surface area contributed by atoms with Crippen molar-refractivity contribution in [3.8, 4) is 11.5 Å². The molecule has 1 N–H and O–H groups in total. The molecule has 5 nitrogen and oxygen atoms in total. The van der Waals surface area contributed by atoms with E-state index in [-0.39, 0.29) is 19.1 Å². The van der Waals surface area contributed by atoms with Gasteiger partial charge in [0, 0.05) is 0 Å². The van der Waals surface area contributed by atoms with Crippen LogP contribution in [0.1, 0.15) is 16.7 Å². The van der Waals surface area contributed by atoms with E-state index < -0.39 is 0 Å². The molecule has 5 heteroatoms. The topological polar surface area (TPSA) is 59.9 Å². The molecule has 0 radical (unpaired) electrons. The Morgan fingerprint density at radius 2 is 1.95 bits per heavy atom. The largest absolute Gasteiger partial charge is 0.454 e. The molecule has 2 aromatic carbocycles. The Morgan fingerprint density at radius 3 is 2.77 bits per heavy atom. The minimum absolute atomic E-state index is 0.178. The third kappa shape index (κ3) is 3.44. The number of fused-ring (bicyclic) bond motifs is 1. The zero-order valence-electron chi connectivity index (χ0n) is 12.2. The summed E-state index contributed by atoms with van der Waals surface area (Å²) in [4.78, 5) is 11.9. The van der Waals surface area contributed by atoms with Crippen LogP contribution >= 0.6 is 0 Å². The highest BCUT2D eigenvalue weighted by Gasteiger charge is 2.14. The molecule has 1 heterocycles. The molecule has 1 amide bonds. The van der Waals surface area contributed by atoms with Crippen LogP contribution in [0.4, 0.5) is 0 Å². The molecule has 112 valence electrons. The maximum Gasteiger partial charge on any atom is 0.244 e. The second-order valence-electron chi connectivity index (χ2n) is 5.07. The van der Waals surface area contributed by atoms with Crippen LogP contribution in [0.5, 0.6) is 11.5 Å². The number of hydrazone groups is 1. The average molecular weight is 296 g/mol. The van der Waals surface area contributed by atoms with Crippen molar-refractivity contribution in [2.75, 3.05) is 6.79 Å². The van der Waals surface area contributed by atoms with Gasteiger partial charge in [-0.05, 0) is 30.2 Å². The molecule has 3 rings (SSSR count). The number of hydrogen-bond donors (Lipinski definition) is 1. The number of hydrogen-bond acceptors (Lipinski definition) is 4. The Bertz CT molecular complexity index is 708. The van der Waals surface area contributed by atoms with E-state index in [0.717, 1.165) is 11.1 Å². The number of ether oxygens (including phenoxy) is 2. The van der Waals surface area contributed by atoms with E-state index in [0.29, 0.717) is 11.5 Å². The molecule has 0 atom stereocenters. The minimum atomic E-state index is -0.178. The van der Waals surface area contributed by atoms with Crippen molar-refractivity contribution in [3.63, 3.8) is 0 Å². The summed E-state index contributed by atoms with van der Waals surface area (Å²) in [6.45, 7) is 2.25. The summed E-state index contributed by atoms with van der Waals surface area (Å²) in [5.41, 5.74) is 5.50. The highest BCUT2D eigenvalue weighted by Crippen LogP contribution is 2.32. The van der Waals surface area contributed by atoms with E-state index in [1.54, 1.807) is 12.3 Å². The van der Waals surface area contributed by atoms with Gasteiger partial charge in [0.25, 0.3) is 0 Å². The van der Waals surface area contributed by atoms with Crippen molar-refractivity contribution in [2.24, 2.45) is 5.10 Å². The molecule has 0 saturated carbocycles. The lowest BCUT2D eigenvalue weighted by Crippen LogP contribution is -2.19. The van der Waals surface area contributed by atoms with Gasteiger partial charge in [-0.2, -0.15) is 5.10 Å². The number of carbonyl (C=O) groups excluding carboxylic acids is 1. The van der Waals surface area contributed by atoms with Crippen LogP contribution < -0.4 is 14.9 Å². The van der Waals surface area contributed by atoms with Gasteiger partial charge < -0.3 is 9.47 Å². The van der Waals surface area contributed by atoms with Crippen LogP contribution in [0.3, 0.4) is 0 Å². The van der Waals surface area contributed by atoms with Gasteiger partial charge in [-0.1, -0.05) is 35.9 Å². The number of carbonyl (C=O) groups is 1. The summed E-state index contributed by atoms with van der Waals surface area (Å²) in [6, 6.07) is 13.3. The van der Waals surface area contributed by atoms with Gasteiger partial charge >= 0.3 is 0 Å². The minimum Gasteiger partial charge on any atom is -0.454 e. The van der Waals surface area contributed by atoms with E-state index in [9.17, 15) is 4.79 Å². The van der Waals surface area contributed by atoms with Gasteiger partial charge in [-0.3, -0.25) is 4.79 Å². The first-order valence-corrected chi connectivity index (χ1v) is 6.98. The second-order valence-corrected chi connectivity index (χ2v) is 5.07. The summed E-state index contributed by atoms with van der Waals surface area (Å²) in [5.74, 6) is 1.21. The van der Waals surface area contributed by atoms with Crippen LogP contribution in [0, 0.1) is 6.92 Å². The Labute approximate surface area is 128 Å². The van der Waals surface area contributed by atoms with Crippen LogP contribution in [0.15, 0.2) is 47.6 Å². The molecule has 0 fully saturated rings. The first kappa shape index (κ1) is 14.1. The lowest BCUT2D eigenvalue weighted by atomic mass is 10.1. The fraction of sp³-hybridized carbons (Fsp3) is 0.176. The molecule has 0 spiro atoms. The Morgan fingerprint density at radius 1 is 1.18 bits per heavy atom. The standard InChI is InChI=1S/C17H16N2O3/c1-12-2-4-13(5-3-12)10-18-19-17(20)9-14-6-7-15-16(8-14)22-11-21-15/h2-8,10H,9,11H2,1H3,(H,19,20)/b18-10-. The number of rotatable bonds is 4. The predicted octanol–water partition coefficient (Wildman–Crippen LogP) is 2.42. The van der Waals surface area contributed by atoms with Gasteiger partial charge in [0.05, 0.1) is 12.6 Å². The van der Waals surface area contributed by atoms with Gasteiger partial charge in [0.15, 0.2) is 11.5 Å². The number of aryl methyl sites for hydroxylation is 1. The summed E-state index contributed by atoms with van der Waals surface area (Å²) >= 11 is 0. The van der Waals surface area contributed by atoms with Crippen molar-refractivity contribution < 1.29 is 14.3 Å². The van der Waals surface area contributed by atoms with Gasteiger partial charge in [0.2, 0.25) is 12.7 Å². The molecule has 0 saturated heterocycles. The fourth-order valence-corrected chi connectivity index (χ4v) is 2.11. The summed E-state index contributed by atoms with van der Waals surface area (Å²) in [6.07, 6.45) is 1.86. The fourth-order valence-electron chi connectivity index (χ4n) is 2.11. The molecule has 22 heavy (non-hydrogen) atoms. The van der Waals surface area contributed by atoms with E-state index in [2.05, 4.69) is 10.5 Å². The normalized spacial score (nSPS) is 12.6. The number of nitrogens with zero attached hydrogens (tertiary/aromatic N) is 1. The third-order valence-corrected chi connectivity index (χ3v) is 3.28. The van der Waals surface area contributed by atoms with Crippen molar-refractivity contribution in [2.45, 2.75) is 13.3 Å². The van der Waals surface area contributed by atoms with E-state index >= 15 is 0 Å². The molecule has 0 aliphatic carbocycles. The summed E-state index contributed by atoms with van der Waals surface area (Å²) in [7, 11) is 0. The summed E-state index contributed by atoms with van der Waals surface area (Å²) < 4.78 is 10.5. The Kier molecular flexibility index (Phi) is 4.05. The predicted molar refractivity (Wildman–Crippen MR) is 83.2 cm³/mol. The third-order valence-electron chi connectivity index (χ3n) is 3.28. The zero-order valence-corrected chi connectivity index (χ0v) is 12.2. The van der Waals surface area contributed by atoms with E-state index in [1.165, 1.54) is 5.56 Å². The van der Waals surface area contributed by atoms with Crippen molar-refractivity contribution in [3.05, 3.63) is 59.2 Å². The first-order chi connectivity index (χ1) is 10.7. The summed E-state index contributed by atoms with van der Waals surface area (Å²) in [5, 5.41) is 3.96. The first-order valence-electron chi connectivity index (χ1n) is 6.98. The molecule has 0 bridgehead atoms. The quantitative estimate of drug-likeness (QED) is 0.696.